The predicted octanol–water partition coefficient (Wildman–Crippen LogP) is 1.74. The van der Waals surface area contributed by atoms with E-state index in [0.29, 0.717) is 17.0 Å². The Morgan fingerprint density at radius 2 is 2.19 bits per heavy atom. The minimum atomic E-state index is -0.321. The third kappa shape index (κ3) is 1.93. The van der Waals surface area contributed by atoms with Gasteiger partial charge in [0.2, 0.25) is 0 Å². The molecule has 102 valence electrons. The molecule has 21 heavy (non-hydrogen) atoms. The first-order valence-electron chi connectivity index (χ1n) is 6.14. The van der Waals surface area contributed by atoms with Gasteiger partial charge >= 0.3 is 0 Å². The van der Waals surface area contributed by atoms with Gasteiger partial charge in [-0.2, -0.15) is 10.3 Å². The van der Waals surface area contributed by atoms with Gasteiger partial charge in [-0.3, -0.25) is 4.98 Å². The Kier molecular flexibility index (Phi) is 2.46. The average Bonchev–Trinajstić information content (AvgIpc) is 3.17. The van der Waals surface area contributed by atoms with Crippen molar-refractivity contribution in [3.8, 4) is 17.1 Å². The Labute approximate surface area is 117 Å². The molecule has 4 aromatic rings. The average molecular weight is 281 g/mol. The number of H-pyrrole nitrogens is 1. The zero-order valence-electron chi connectivity index (χ0n) is 10.6. The molecule has 0 saturated heterocycles. The summed E-state index contributed by atoms with van der Waals surface area (Å²) in [6.07, 6.45) is 4.99. The van der Waals surface area contributed by atoms with E-state index in [-0.39, 0.29) is 5.82 Å². The lowest BCUT2D eigenvalue weighted by Gasteiger charge is -2.03. The van der Waals surface area contributed by atoms with Gasteiger partial charge in [-0.1, -0.05) is 11.2 Å². The summed E-state index contributed by atoms with van der Waals surface area (Å²) in [4.78, 5) is 4.32. The normalized spacial score (nSPS) is 11.1. The number of fused-ring (bicyclic) bond motifs is 1. The Balaban J connectivity index is 1.91. The van der Waals surface area contributed by atoms with Crippen molar-refractivity contribution in [3.05, 3.63) is 48.7 Å². The number of nitrogens with one attached hydrogen (secondary N) is 1. The van der Waals surface area contributed by atoms with Gasteiger partial charge in [0.25, 0.3) is 5.95 Å². The van der Waals surface area contributed by atoms with E-state index in [1.54, 1.807) is 24.7 Å². The second-order valence-electron chi connectivity index (χ2n) is 4.41. The molecule has 0 atom stereocenters. The molecule has 3 aromatic heterocycles. The molecule has 0 aliphatic heterocycles. The molecule has 0 radical (unpaired) electrons. The van der Waals surface area contributed by atoms with Crippen LogP contribution in [0.1, 0.15) is 0 Å². The Bertz CT molecular complexity index is 913. The number of halogens is 1. The van der Waals surface area contributed by atoms with Crippen LogP contribution in [0.5, 0.6) is 0 Å². The van der Waals surface area contributed by atoms with Crippen LogP contribution in [0.3, 0.4) is 0 Å². The maximum absolute atomic E-state index is 13.8. The Hall–Kier alpha value is -3.16. The van der Waals surface area contributed by atoms with Crippen LogP contribution < -0.4 is 0 Å². The monoisotopic (exact) mass is 281 g/mol. The summed E-state index contributed by atoms with van der Waals surface area (Å²) in [5.41, 5.74) is 2.11. The molecule has 4 rings (SSSR count). The van der Waals surface area contributed by atoms with Crippen LogP contribution in [-0.2, 0) is 0 Å². The molecule has 0 bridgehead atoms. The van der Waals surface area contributed by atoms with E-state index in [1.807, 2.05) is 6.07 Å². The fourth-order valence-corrected chi connectivity index (χ4v) is 2.20. The molecule has 0 amide bonds. The summed E-state index contributed by atoms with van der Waals surface area (Å²) in [5.74, 6) is -0.00673. The van der Waals surface area contributed by atoms with Crippen molar-refractivity contribution in [2.45, 2.75) is 0 Å². The molecule has 0 aliphatic rings. The van der Waals surface area contributed by atoms with Crippen LogP contribution in [0.2, 0.25) is 0 Å². The molecule has 0 spiro atoms. The standard InChI is InChI=1S/C13H8FN7/c14-10-4-8-2-1-3-15-12(8)11(5-10)9-6-16-21(7-9)13-17-19-20-18-13/h1-7H,(H,17,18,19,20). The number of nitrogens with zero attached hydrogens (tertiary/aromatic N) is 6. The Morgan fingerprint density at radius 3 is 3.05 bits per heavy atom. The summed E-state index contributed by atoms with van der Waals surface area (Å²) in [5, 5.41) is 18.4. The van der Waals surface area contributed by atoms with Crippen molar-refractivity contribution in [2.75, 3.05) is 0 Å². The molecule has 0 aliphatic carbocycles. The highest BCUT2D eigenvalue weighted by Crippen LogP contribution is 2.28. The molecule has 0 saturated carbocycles. The van der Waals surface area contributed by atoms with Gasteiger partial charge in [0, 0.05) is 28.9 Å². The number of aromatic nitrogens is 7. The van der Waals surface area contributed by atoms with Gasteiger partial charge in [0.15, 0.2) is 0 Å². The lowest BCUT2D eigenvalue weighted by Crippen LogP contribution is -1.96. The predicted molar refractivity (Wildman–Crippen MR) is 72.0 cm³/mol. The summed E-state index contributed by atoms with van der Waals surface area (Å²) in [6.45, 7) is 0. The molecule has 1 N–H and O–H groups in total. The minimum Gasteiger partial charge on any atom is -0.256 e. The molecular weight excluding hydrogens is 273 g/mol. The zero-order chi connectivity index (χ0) is 14.2. The second kappa shape index (κ2) is 4.44. The van der Waals surface area contributed by atoms with E-state index in [4.69, 9.17) is 0 Å². The first kappa shape index (κ1) is 11.6. The molecular formula is C13H8FN7. The van der Waals surface area contributed by atoms with Crippen molar-refractivity contribution in [2.24, 2.45) is 0 Å². The number of pyridine rings is 1. The van der Waals surface area contributed by atoms with Crippen molar-refractivity contribution in [1.82, 2.24) is 35.4 Å². The third-order valence-electron chi connectivity index (χ3n) is 3.10. The minimum absolute atomic E-state index is 0.315. The van der Waals surface area contributed by atoms with E-state index in [0.717, 1.165) is 10.9 Å². The number of hydrogen-bond donors (Lipinski definition) is 1. The van der Waals surface area contributed by atoms with E-state index in [2.05, 4.69) is 30.7 Å². The number of aromatic amines is 1. The van der Waals surface area contributed by atoms with Crippen LogP contribution in [0.4, 0.5) is 4.39 Å². The highest BCUT2D eigenvalue weighted by atomic mass is 19.1. The van der Waals surface area contributed by atoms with Gasteiger partial charge in [0.05, 0.1) is 11.7 Å². The topological polar surface area (TPSA) is 85.2 Å². The molecule has 0 unspecified atom stereocenters. The quantitative estimate of drug-likeness (QED) is 0.605. The molecule has 3 heterocycles. The molecule has 7 nitrogen and oxygen atoms in total. The highest BCUT2D eigenvalue weighted by Gasteiger charge is 2.11. The maximum atomic E-state index is 13.8. The first-order chi connectivity index (χ1) is 10.3. The van der Waals surface area contributed by atoms with Crippen molar-refractivity contribution in [1.29, 1.82) is 0 Å². The van der Waals surface area contributed by atoms with E-state index in [1.165, 1.54) is 16.8 Å². The van der Waals surface area contributed by atoms with Crippen molar-refractivity contribution < 1.29 is 4.39 Å². The largest absolute Gasteiger partial charge is 0.290 e. The van der Waals surface area contributed by atoms with Crippen molar-refractivity contribution >= 4 is 10.9 Å². The van der Waals surface area contributed by atoms with Gasteiger partial charge in [0.1, 0.15) is 5.82 Å². The summed E-state index contributed by atoms with van der Waals surface area (Å²) < 4.78 is 15.2. The van der Waals surface area contributed by atoms with Crippen LogP contribution in [0.15, 0.2) is 42.9 Å². The lowest BCUT2D eigenvalue weighted by molar-refractivity contribution is 0.630. The van der Waals surface area contributed by atoms with Gasteiger partial charge < -0.3 is 0 Å². The number of tetrazole rings is 1. The first-order valence-corrected chi connectivity index (χ1v) is 6.14. The van der Waals surface area contributed by atoms with Crippen LogP contribution in [0.25, 0.3) is 28.0 Å². The van der Waals surface area contributed by atoms with E-state index in [9.17, 15) is 4.39 Å². The van der Waals surface area contributed by atoms with E-state index >= 15 is 0 Å². The number of hydrogen-bond acceptors (Lipinski definition) is 5. The molecule has 8 heteroatoms. The summed E-state index contributed by atoms with van der Waals surface area (Å²) in [7, 11) is 0. The van der Waals surface area contributed by atoms with Crippen LogP contribution in [-0.4, -0.2) is 35.4 Å². The lowest BCUT2D eigenvalue weighted by atomic mass is 10.0. The fourth-order valence-electron chi connectivity index (χ4n) is 2.20. The molecule has 0 fully saturated rings. The smallest absolute Gasteiger partial charge is 0.256 e. The van der Waals surface area contributed by atoms with E-state index < -0.39 is 0 Å². The SMILES string of the molecule is Fc1cc(-c2cnn(-c3nn[nH]n3)c2)c2ncccc2c1. The highest BCUT2D eigenvalue weighted by molar-refractivity contribution is 5.93. The fraction of sp³-hybridized carbons (Fsp3) is 0. The Morgan fingerprint density at radius 1 is 1.24 bits per heavy atom. The summed E-state index contributed by atoms with van der Waals surface area (Å²) in [6, 6.07) is 6.48. The number of benzene rings is 1. The van der Waals surface area contributed by atoms with Gasteiger partial charge in [-0.15, -0.1) is 5.10 Å². The third-order valence-corrected chi connectivity index (χ3v) is 3.10. The summed E-state index contributed by atoms with van der Waals surface area (Å²) >= 11 is 0. The van der Waals surface area contributed by atoms with Crippen LogP contribution >= 0.6 is 0 Å². The second-order valence-corrected chi connectivity index (χ2v) is 4.41. The number of rotatable bonds is 2. The van der Waals surface area contributed by atoms with Crippen LogP contribution in [0, 0.1) is 5.82 Å². The van der Waals surface area contributed by atoms with Crippen molar-refractivity contribution in [3.63, 3.8) is 0 Å². The maximum Gasteiger partial charge on any atom is 0.290 e. The zero-order valence-corrected chi connectivity index (χ0v) is 10.6. The van der Waals surface area contributed by atoms with Gasteiger partial charge in [-0.05, 0) is 23.4 Å². The van der Waals surface area contributed by atoms with Gasteiger partial charge in [-0.25, -0.2) is 9.07 Å². The molecule has 1 aromatic carbocycles.